The monoisotopic (exact) mass is 329 g/mol. The molecule has 1 aromatic heterocycles. The van der Waals surface area contributed by atoms with E-state index in [-0.39, 0.29) is 17.4 Å². The lowest BCUT2D eigenvalue weighted by molar-refractivity contribution is -0.119. The molecule has 2 aromatic rings. The first-order chi connectivity index (χ1) is 10.9. The summed E-state index contributed by atoms with van der Waals surface area (Å²) >= 11 is 5.16. The molecule has 0 fully saturated rings. The van der Waals surface area contributed by atoms with Gasteiger partial charge in [0, 0.05) is 18.8 Å². The number of carbonyl (C=O) groups is 1. The zero-order chi connectivity index (χ0) is 16.8. The first-order valence-corrected chi connectivity index (χ1v) is 7.55. The van der Waals surface area contributed by atoms with Gasteiger partial charge in [-0.25, -0.2) is 9.97 Å². The van der Waals surface area contributed by atoms with E-state index in [0.29, 0.717) is 11.6 Å². The van der Waals surface area contributed by atoms with Gasteiger partial charge >= 0.3 is 0 Å². The van der Waals surface area contributed by atoms with E-state index < -0.39 is 0 Å². The molecule has 0 saturated carbocycles. The van der Waals surface area contributed by atoms with Crippen LogP contribution >= 0.6 is 12.2 Å². The molecule has 6 nitrogen and oxygen atoms in total. The molecule has 0 bridgehead atoms. The number of carbonyl (C=O) groups excluding carboxylic acids is 1. The molecular formula is C16H19N5OS. The predicted octanol–water partition coefficient (Wildman–Crippen LogP) is 1.68. The van der Waals surface area contributed by atoms with Crippen LogP contribution in [-0.4, -0.2) is 28.0 Å². The van der Waals surface area contributed by atoms with Gasteiger partial charge in [-0.1, -0.05) is 30.3 Å². The lowest BCUT2D eigenvalue weighted by Crippen LogP contribution is -2.48. The Hall–Kier alpha value is -2.54. The van der Waals surface area contributed by atoms with Gasteiger partial charge in [-0.05, 0) is 31.6 Å². The molecule has 0 aliphatic carbocycles. The first-order valence-electron chi connectivity index (χ1n) is 7.14. The maximum Gasteiger partial charge on any atom is 0.230 e. The third-order valence-electron chi connectivity index (χ3n) is 3.03. The van der Waals surface area contributed by atoms with E-state index in [4.69, 9.17) is 12.2 Å². The van der Waals surface area contributed by atoms with Gasteiger partial charge in [-0.2, -0.15) is 0 Å². The summed E-state index contributed by atoms with van der Waals surface area (Å²) < 4.78 is 0. The molecule has 120 valence electrons. The van der Waals surface area contributed by atoms with Crippen molar-refractivity contribution in [1.82, 2.24) is 20.7 Å². The number of hydrogen-bond donors (Lipinski definition) is 2. The molecular weight excluding hydrogens is 310 g/mol. The number of hydrogen-bond acceptors (Lipinski definition) is 5. The minimum absolute atomic E-state index is 0.169. The normalized spacial score (nSPS) is 10.0. The Balaban J connectivity index is 1.89. The number of aryl methyl sites for hydroxylation is 2. The minimum atomic E-state index is -0.169. The summed E-state index contributed by atoms with van der Waals surface area (Å²) in [6.45, 7) is 3.72. The van der Waals surface area contributed by atoms with Gasteiger partial charge in [0.1, 0.15) is 5.82 Å². The Bertz CT molecular complexity index is 685. The second kappa shape index (κ2) is 7.64. The average molecular weight is 329 g/mol. The van der Waals surface area contributed by atoms with Gasteiger partial charge in [0.05, 0.1) is 6.42 Å². The third-order valence-corrected chi connectivity index (χ3v) is 3.22. The number of thiocarbonyl (C=S) groups is 1. The second-order valence-corrected chi connectivity index (χ2v) is 5.53. The summed E-state index contributed by atoms with van der Waals surface area (Å²) in [5, 5.41) is 4.52. The van der Waals surface area contributed by atoms with Gasteiger partial charge in [-0.15, -0.1) is 0 Å². The Morgan fingerprint density at radius 1 is 1.22 bits per heavy atom. The van der Waals surface area contributed by atoms with Crippen molar-refractivity contribution in [2.45, 2.75) is 20.3 Å². The molecule has 2 rings (SSSR count). The van der Waals surface area contributed by atoms with Crippen molar-refractivity contribution in [3.8, 4) is 0 Å². The molecule has 7 heteroatoms. The fourth-order valence-electron chi connectivity index (χ4n) is 2.06. The number of nitrogens with zero attached hydrogens (tertiary/aromatic N) is 3. The summed E-state index contributed by atoms with van der Waals surface area (Å²) in [7, 11) is 1.77. The molecule has 1 heterocycles. The molecule has 0 aliphatic heterocycles. The maximum atomic E-state index is 12.0. The summed E-state index contributed by atoms with van der Waals surface area (Å²) in [5.74, 6) is 1.18. The first kappa shape index (κ1) is 16.8. The van der Waals surface area contributed by atoms with Gasteiger partial charge in [0.2, 0.25) is 5.91 Å². The predicted molar refractivity (Wildman–Crippen MR) is 93.9 cm³/mol. The highest BCUT2D eigenvalue weighted by atomic mass is 32.1. The van der Waals surface area contributed by atoms with E-state index >= 15 is 0 Å². The van der Waals surface area contributed by atoms with E-state index in [2.05, 4.69) is 20.7 Å². The zero-order valence-electron chi connectivity index (χ0n) is 13.3. The van der Waals surface area contributed by atoms with Crippen molar-refractivity contribution in [2.75, 3.05) is 12.1 Å². The number of nitrogens with one attached hydrogen (secondary N) is 2. The molecule has 1 amide bonds. The van der Waals surface area contributed by atoms with Crippen LogP contribution in [0.3, 0.4) is 0 Å². The Labute approximate surface area is 140 Å². The fourth-order valence-corrected chi connectivity index (χ4v) is 2.31. The maximum absolute atomic E-state index is 12.0. The molecule has 2 N–H and O–H groups in total. The minimum Gasteiger partial charge on any atom is -0.302 e. The third kappa shape index (κ3) is 5.30. The van der Waals surface area contributed by atoms with Crippen molar-refractivity contribution < 1.29 is 4.79 Å². The molecule has 0 radical (unpaired) electrons. The zero-order valence-corrected chi connectivity index (χ0v) is 14.1. The van der Waals surface area contributed by atoms with Crippen LogP contribution in [0, 0.1) is 13.8 Å². The molecule has 1 aromatic carbocycles. The quantitative estimate of drug-likeness (QED) is 0.657. The van der Waals surface area contributed by atoms with Crippen LogP contribution < -0.4 is 15.8 Å². The van der Waals surface area contributed by atoms with Gasteiger partial charge in [-0.3, -0.25) is 15.2 Å². The van der Waals surface area contributed by atoms with Crippen molar-refractivity contribution in [1.29, 1.82) is 0 Å². The van der Waals surface area contributed by atoms with Crippen LogP contribution in [0.25, 0.3) is 0 Å². The van der Waals surface area contributed by atoms with Crippen molar-refractivity contribution >= 4 is 29.1 Å². The number of aromatic nitrogens is 2. The van der Waals surface area contributed by atoms with Crippen molar-refractivity contribution in [2.24, 2.45) is 0 Å². The van der Waals surface area contributed by atoms with Gasteiger partial charge in [0.15, 0.2) is 10.9 Å². The Morgan fingerprint density at radius 3 is 2.57 bits per heavy atom. The Morgan fingerprint density at radius 2 is 1.91 bits per heavy atom. The van der Waals surface area contributed by atoms with Crippen LogP contribution in [0.1, 0.15) is 17.1 Å². The Kier molecular flexibility index (Phi) is 5.59. The molecule has 23 heavy (non-hydrogen) atoms. The number of amides is 1. The van der Waals surface area contributed by atoms with Crippen LogP contribution in [-0.2, 0) is 11.2 Å². The van der Waals surface area contributed by atoms with E-state index in [1.54, 1.807) is 12.1 Å². The second-order valence-electron chi connectivity index (χ2n) is 5.13. The van der Waals surface area contributed by atoms with Crippen LogP contribution in [0.15, 0.2) is 36.4 Å². The molecule has 0 atom stereocenters. The van der Waals surface area contributed by atoms with Crippen LogP contribution in [0.2, 0.25) is 0 Å². The molecule has 0 unspecified atom stereocenters. The van der Waals surface area contributed by atoms with Gasteiger partial charge < -0.3 is 5.32 Å². The highest BCUT2D eigenvalue weighted by Crippen LogP contribution is 2.08. The number of rotatable bonds is 4. The summed E-state index contributed by atoms with van der Waals surface area (Å²) in [5.41, 5.74) is 4.70. The summed E-state index contributed by atoms with van der Waals surface area (Å²) in [4.78, 5) is 20.5. The average Bonchev–Trinajstić information content (AvgIpc) is 2.46. The van der Waals surface area contributed by atoms with Gasteiger partial charge in [0.25, 0.3) is 0 Å². The lowest BCUT2D eigenvalue weighted by Gasteiger charge is -2.21. The smallest absolute Gasteiger partial charge is 0.230 e. The van der Waals surface area contributed by atoms with E-state index in [9.17, 15) is 4.79 Å². The topological polar surface area (TPSA) is 70.2 Å². The highest BCUT2D eigenvalue weighted by molar-refractivity contribution is 7.80. The molecule has 0 saturated heterocycles. The van der Waals surface area contributed by atoms with Crippen molar-refractivity contribution in [3.05, 3.63) is 53.5 Å². The molecule has 0 spiro atoms. The summed E-state index contributed by atoms with van der Waals surface area (Å²) in [6, 6.07) is 11.3. The number of hydrazine groups is 1. The highest BCUT2D eigenvalue weighted by Gasteiger charge is 2.09. The largest absolute Gasteiger partial charge is 0.302 e. The SMILES string of the molecule is Cc1cc(N(C)NC(=S)NC(=O)Cc2ccccc2)nc(C)n1. The molecule has 0 aliphatic rings. The van der Waals surface area contributed by atoms with E-state index in [1.165, 1.54) is 0 Å². The fraction of sp³-hybridized carbons (Fsp3) is 0.250. The van der Waals surface area contributed by atoms with E-state index in [0.717, 1.165) is 11.3 Å². The van der Waals surface area contributed by atoms with Crippen LogP contribution in [0.4, 0.5) is 5.82 Å². The number of benzene rings is 1. The van der Waals surface area contributed by atoms with E-state index in [1.807, 2.05) is 50.2 Å². The lowest BCUT2D eigenvalue weighted by atomic mass is 10.1. The standard InChI is InChI=1S/C16H19N5OS/c1-11-9-14(18-12(2)17-11)21(3)20-16(23)19-15(22)10-13-7-5-4-6-8-13/h4-9H,10H2,1-3H3,(H2,19,20,22,23). The summed E-state index contributed by atoms with van der Waals surface area (Å²) in [6.07, 6.45) is 0.276. The van der Waals surface area contributed by atoms with Crippen molar-refractivity contribution in [3.63, 3.8) is 0 Å². The number of anilines is 1. The van der Waals surface area contributed by atoms with Crippen LogP contribution in [0.5, 0.6) is 0 Å².